The first-order valence-corrected chi connectivity index (χ1v) is 10.5. The van der Waals surface area contributed by atoms with E-state index in [0.717, 1.165) is 17.8 Å². The van der Waals surface area contributed by atoms with Gasteiger partial charge in [0.25, 0.3) is 5.91 Å². The van der Waals surface area contributed by atoms with Gasteiger partial charge >= 0.3 is 6.18 Å². The molecule has 3 rings (SSSR count). The van der Waals surface area contributed by atoms with Crippen LogP contribution >= 0.6 is 0 Å². The average Bonchev–Trinajstić information content (AvgIpc) is 2.77. The second-order valence-electron chi connectivity index (χ2n) is 8.28. The van der Waals surface area contributed by atoms with Gasteiger partial charge in [-0.25, -0.2) is 4.98 Å². The lowest BCUT2D eigenvalue weighted by atomic mass is 10.0. The number of carbonyl (C=O) groups excluding carboxylic acids is 2. The Balaban J connectivity index is 1.61. The van der Waals surface area contributed by atoms with Crippen molar-refractivity contribution in [2.75, 3.05) is 31.1 Å². The van der Waals surface area contributed by atoms with Gasteiger partial charge in [0.15, 0.2) is 0 Å². The SMILES string of the molecule is Cc1ccc(C(=O)N[C@H](C(=O)N2CCN(c3ccc(C(F)(F)F)cn3)CC2)C(C)C)cc1. The van der Waals surface area contributed by atoms with E-state index >= 15 is 0 Å². The van der Waals surface area contributed by atoms with E-state index in [9.17, 15) is 22.8 Å². The third kappa shape index (κ3) is 5.57. The first-order valence-electron chi connectivity index (χ1n) is 10.5. The van der Waals surface area contributed by atoms with Crippen molar-refractivity contribution in [2.24, 2.45) is 5.92 Å². The van der Waals surface area contributed by atoms with Crippen LogP contribution in [0.4, 0.5) is 19.0 Å². The molecular weight excluding hydrogens is 421 g/mol. The minimum atomic E-state index is -4.43. The molecule has 1 saturated heterocycles. The molecule has 1 aliphatic rings. The highest BCUT2D eigenvalue weighted by atomic mass is 19.4. The predicted molar refractivity (Wildman–Crippen MR) is 115 cm³/mol. The summed E-state index contributed by atoms with van der Waals surface area (Å²) in [6, 6.07) is 8.82. The van der Waals surface area contributed by atoms with Crippen LogP contribution in [-0.2, 0) is 11.0 Å². The maximum Gasteiger partial charge on any atom is 0.417 e. The number of aryl methyl sites for hydroxylation is 1. The van der Waals surface area contributed by atoms with Crippen LogP contribution in [0, 0.1) is 12.8 Å². The van der Waals surface area contributed by atoms with E-state index in [1.54, 1.807) is 17.0 Å². The topological polar surface area (TPSA) is 65.5 Å². The molecule has 6 nitrogen and oxygen atoms in total. The number of rotatable bonds is 5. The van der Waals surface area contributed by atoms with E-state index in [2.05, 4.69) is 10.3 Å². The van der Waals surface area contributed by atoms with Crippen LogP contribution in [0.15, 0.2) is 42.6 Å². The van der Waals surface area contributed by atoms with Gasteiger partial charge in [0, 0.05) is 37.9 Å². The Kier molecular flexibility index (Phi) is 7.06. The molecule has 9 heteroatoms. The molecule has 172 valence electrons. The molecule has 1 atom stereocenters. The lowest BCUT2D eigenvalue weighted by Crippen LogP contribution is -2.56. The molecular formula is C23H27F3N4O2. The van der Waals surface area contributed by atoms with Gasteiger partial charge in [-0.3, -0.25) is 9.59 Å². The number of piperazine rings is 1. The zero-order valence-corrected chi connectivity index (χ0v) is 18.3. The molecule has 2 aromatic rings. The summed E-state index contributed by atoms with van der Waals surface area (Å²) in [7, 11) is 0. The fourth-order valence-corrected chi connectivity index (χ4v) is 3.54. The number of benzene rings is 1. The number of hydrogen-bond donors (Lipinski definition) is 1. The van der Waals surface area contributed by atoms with Crippen LogP contribution in [0.25, 0.3) is 0 Å². The lowest BCUT2D eigenvalue weighted by molar-refractivity contribution is -0.138. The van der Waals surface area contributed by atoms with Crippen LogP contribution in [0.1, 0.15) is 35.3 Å². The Morgan fingerprint density at radius 2 is 1.62 bits per heavy atom. The quantitative estimate of drug-likeness (QED) is 0.760. The summed E-state index contributed by atoms with van der Waals surface area (Å²) in [5.74, 6) is -0.130. The number of nitrogens with zero attached hydrogens (tertiary/aromatic N) is 3. The Morgan fingerprint density at radius 1 is 1.00 bits per heavy atom. The fraction of sp³-hybridized carbons (Fsp3) is 0.435. The van der Waals surface area contributed by atoms with Gasteiger partial charge in [-0.15, -0.1) is 0 Å². The van der Waals surface area contributed by atoms with Crippen LogP contribution in [-0.4, -0.2) is 53.9 Å². The largest absolute Gasteiger partial charge is 0.417 e. The Morgan fingerprint density at radius 3 is 2.12 bits per heavy atom. The first-order chi connectivity index (χ1) is 15.1. The third-order valence-corrected chi connectivity index (χ3v) is 5.52. The molecule has 0 aliphatic carbocycles. The summed E-state index contributed by atoms with van der Waals surface area (Å²) in [6.07, 6.45) is -3.60. The Hall–Kier alpha value is -3.10. The van der Waals surface area contributed by atoms with Gasteiger partial charge in [-0.1, -0.05) is 31.5 Å². The monoisotopic (exact) mass is 448 g/mol. The molecule has 32 heavy (non-hydrogen) atoms. The van der Waals surface area contributed by atoms with Crippen molar-refractivity contribution in [2.45, 2.75) is 33.0 Å². The summed E-state index contributed by atoms with van der Waals surface area (Å²) in [5, 5.41) is 2.85. The maximum atomic E-state index is 13.1. The highest BCUT2D eigenvalue weighted by Gasteiger charge is 2.33. The van der Waals surface area contributed by atoms with Crippen molar-refractivity contribution in [3.63, 3.8) is 0 Å². The summed E-state index contributed by atoms with van der Waals surface area (Å²) in [6.45, 7) is 7.36. The molecule has 0 bridgehead atoms. The fourth-order valence-electron chi connectivity index (χ4n) is 3.54. The normalized spacial score (nSPS) is 15.6. The maximum absolute atomic E-state index is 13.1. The number of anilines is 1. The van der Waals surface area contributed by atoms with Gasteiger partial charge in [0.05, 0.1) is 5.56 Å². The Labute approximate surface area is 185 Å². The van der Waals surface area contributed by atoms with Gasteiger partial charge in [-0.05, 0) is 37.1 Å². The molecule has 1 N–H and O–H groups in total. The molecule has 2 amide bonds. The number of alkyl halides is 3. The van der Waals surface area contributed by atoms with E-state index in [1.165, 1.54) is 6.07 Å². The summed E-state index contributed by atoms with van der Waals surface area (Å²) in [5.41, 5.74) is 0.741. The standard InChI is InChI=1S/C23H27F3N4O2/c1-15(2)20(28-21(31)17-6-4-16(3)5-7-17)22(32)30-12-10-29(11-13-30)19-9-8-18(14-27-19)23(24,25)26/h4-9,14-15,20H,10-13H2,1-3H3,(H,28,31)/t20-/m0/s1. The minimum Gasteiger partial charge on any atom is -0.353 e. The van der Waals surface area contributed by atoms with E-state index in [4.69, 9.17) is 0 Å². The van der Waals surface area contributed by atoms with Crippen molar-refractivity contribution in [3.8, 4) is 0 Å². The summed E-state index contributed by atoms with van der Waals surface area (Å²) >= 11 is 0. The van der Waals surface area contributed by atoms with E-state index in [0.29, 0.717) is 37.6 Å². The van der Waals surface area contributed by atoms with E-state index in [1.807, 2.05) is 37.8 Å². The van der Waals surface area contributed by atoms with E-state index in [-0.39, 0.29) is 17.7 Å². The highest BCUT2D eigenvalue weighted by molar-refractivity contribution is 5.97. The van der Waals surface area contributed by atoms with Crippen LogP contribution in [0.2, 0.25) is 0 Å². The zero-order chi connectivity index (χ0) is 23.5. The van der Waals surface area contributed by atoms with Crippen molar-refractivity contribution >= 4 is 17.6 Å². The van der Waals surface area contributed by atoms with Crippen molar-refractivity contribution in [3.05, 3.63) is 59.3 Å². The van der Waals surface area contributed by atoms with Gasteiger partial charge in [-0.2, -0.15) is 13.2 Å². The molecule has 1 fully saturated rings. The van der Waals surface area contributed by atoms with Crippen molar-refractivity contribution < 1.29 is 22.8 Å². The number of halogens is 3. The average molecular weight is 448 g/mol. The number of nitrogens with one attached hydrogen (secondary N) is 1. The second-order valence-corrected chi connectivity index (χ2v) is 8.28. The zero-order valence-electron chi connectivity index (χ0n) is 18.3. The smallest absolute Gasteiger partial charge is 0.353 e. The van der Waals surface area contributed by atoms with Crippen LogP contribution in [0.3, 0.4) is 0 Å². The van der Waals surface area contributed by atoms with Gasteiger partial charge in [0.2, 0.25) is 5.91 Å². The second kappa shape index (κ2) is 9.58. The molecule has 1 aromatic heterocycles. The predicted octanol–water partition coefficient (Wildman–Crippen LogP) is 3.51. The molecule has 0 radical (unpaired) electrons. The molecule has 0 saturated carbocycles. The molecule has 0 spiro atoms. The van der Waals surface area contributed by atoms with Crippen molar-refractivity contribution in [1.82, 2.24) is 15.2 Å². The minimum absolute atomic E-state index is 0.105. The first kappa shape index (κ1) is 23.6. The summed E-state index contributed by atoms with van der Waals surface area (Å²) < 4.78 is 38.2. The molecule has 2 heterocycles. The third-order valence-electron chi connectivity index (χ3n) is 5.52. The lowest BCUT2D eigenvalue weighted by Gasteiger charge is -2.37. The number of carbonyl (C=O) groups is 2. The molecule has 1 aliphatic heterocycles. The number of amides is 2. The van der Waals surface area contributed by atoms with Crippen molar-refractivity contribution in [1.29, 1.82) is 0 Å². The molecule has 1 aromatic carbocycles. The van der Waals surface area contributed by atoms with Gasteiger partial charge in [0.1, 0.15) is 11.9 Å². The van der Waals surface area contributed by atoms with Crippen LogP contribution < -0.4 is 10.2 Å². The number of hydrogen-bond acceptors (Lipinski definition) is 4. The Bertz CT molecular complexity index is 935. The van der Waals surface area contributed by atoms with E-state index < -0.39 is 17.8 Å². The number of aromatic nitrogens is 1. The highest BCUT2D eigenvalue weighted by Crippen LogP contribution is 2.29. The summed E-state index contributed by atoms with van der Waals surface area (Å²) in [4.78, 5) is 33.2. The van der Waals surface area contributed by atoms with Crippen LogP contribution in [0.5, 0.6) is 0 Å². The van der Waals surface area contributed by atoms with Gasteiger partial charge < -0.3 is 15.1 Å². The molecule has 0 unspecified atom stereocenters. The number of pyridine rings is 1.